The second-order valence-corrected chi connectivity index (χ2v) is 9.98. The van der Waals surface area contributed by atoms with Crippen LogP contribution in [0.15, 0.2) is 54.6 Å². The Labute approximate surface area is 186 Å². The molecular formula is C26H35ClN2O. The molecule has 0 amide bonds. The number of piperidine rings is 1. The maximum atomic E-state index is 11.9. The van der Waals surface area contributed by atoms with Crippen molar-refractivity contribution in [2.45, 2.75) is 49.7 Å². The lowest BCUT2D eigenvalue weighted by Gasteiger charge is -2.54. The van der Waals surface area contributed by atoms with Crippen LogP contribution in [-0.2, 0) is 11.1 Å². The van der Waals surface area contributed by atoms with Crippen LogP contribution in [-0.4, -0.2) is 48.6 Å². The quantitative estimate of drug-likeness (QED) is 0.705. The fourth-order valence-electron chi connectivity index (χ4n) is 5.87. The Balaban J connectivity index is 1.68. The molecule has 4 heteroatoms. The van der Waals surface area contributed by atoms with Gasteiger partial charge in [-0.05, 0) is 56.6 Å². The first-order valence-corrected chi connectivity index (χ1v) is 11.8. The lowest BCUT2D eigenvalue weighted by atomic mass is 9.70. The zero-order valence-electron chi connectivity index (χ0n) is 18.4. The third-order valence-electron chi connectivity index (χ3n) is 7.39. The zero-order valence-corrected chi connectivity index (χ0v) is 19.1. The van der Waals surface area contributed by atoms with Crippen molar-refractivity contribution in [2.24, 2.45) is 5.92 Å². The van der Waals surface area contributed by atoms with Gasteiger partial charge < -0.3 is 10.0 Å². The summed E-state index contributed by atoms with van der Waals surface area (Å²) in [7, 11) is 4.20. The van der Waals surface area contributed by atoms with E-state index in [1.165, 1.54) is 37.7 Å². The van der Waals surface area contributed by atoms with Gasteiger partial charge in [-0.2, -0.15) is 0 Å². The summed E-state index contributed by atoms with van der Waals surface area (Å²) in [5, 5.41) is 12.6. The van der Waals surface area contributed by atoms with Crippen LogP contribution in [0.25, 0.3) is 0 Å². The van der Waals surface area contributed by atoms with Crippen LogP contribution in [0.3, 0.4) is 0 Å². The van der Waals surface area contributed by atoms with Crippen molar-refractivity contribution in [3.8, 4) is 0 Å². The fourth-order valence-corrected chi connectivity index (χ4v) is 6.06. The van der Waals surface area contributed by atoms with E-state index in [1.807, 2.05) is 24.3 Å². The van der Waals surface area contributed by atoms with E-state index in [0.29, 0.717) is 5.02 Å². The van der Waals surface area contributed by atoms with Crippen molar-refractivity contribution >= 4 is 11.6 Å². The number of nitrogens with zero attached hydrogens (tertiary/aromatic N) is 2. The van der Waals surface area contributed by atoms with E-state index in [2.05, 4.69) is 54.2 Å². The first kappa shape index (κ1) is 21.8. The van der Waals surface area contributed by atoms with Gasteiger partial charge in [-0.1, -0.05) is 73.3 Å². The van der Waals surface area contributed by atoms with E-state index < -0.39 is 5.60 Å². The highest BCUT2D eigenvalue weighted by Crippen LogP contribution is 2.47. The number of aliphatic hydroxyl groups is 1. The van der Waals surface area contributed by atoms with Gasteiger partial charge in [0.15, 0.2) is 0 Å². The van der Waals surface area contributed by atoms with Crippen LogP contribution >= 0.6 is 11.6 Å². The van der Waals surface area contributed by atoms with Gasteiger partial charge in [-0.25, -0.2) is 0 Å². The molecule has 3 nitrogen and oxygen atoms in total. The fraction of sp³-hybridized carbons (Fsp3) is 0.538. The molecule has 0 bridgehead atoms. The van der Waals surface area contributed by atoms with Crippen molar-refractivity contribution in [2.75, 3.05) is 33.7 Å². The molecular weight excluding hydrogens is 392 g/mol. The van der Waals surface area contributed by atoms with Gasteiger partial charge in [0.2, 0.25) is 0 Å². The van der Waals surface area contributed by atoms with Crippen LogP contribution in [0.1, 0.15) is 49.7 Å². The highest BCUT2D eigenvalue weighted by molar-refractivity contribution is 6.30. The summed E-state index contributed by atoms with van der Waals surface area (Å²) in [5.74, 6) is 0.127. The Hall–Kier alpha value is -1.39. The molecule has 1 aliphatic carbocycles. The molecule has 2 fully saturated rings. The van der Waals surface area contributed by atoms with Crippen molar-refractivity contribution in [3.63, 3.8) is 0 Å². The summed E-state index contributed by atoms with van der Waals surface area (Å²) in [6.45, 7) is 2.66. The third kappa shape index (κ3) is 4.18. The van der Waals surface area contributed by atoms with E-state index in [9.17, 15) is 5.11 Å². The van der Waals surface area contributed by atoms with Crippen molar-refractivity contribution < 1.29 is 5.11 Å². The molecule has 1 N–H and O–H groups in total. The number of halogens is 1. The number of hydrogen-bond donors (Lipinski definition) is 1. The standard InChI is InChI=1S/C26H35ClN2O/c1-28(2)19-23-20-29(17-16-26(23,30)22-12-9-13-24(27)18-22)25(14-7-4-8-15-25)21-10-5-3-6-11-21/h3,5-6,9-13,18,23,30H,4,7-8,14-17,19-20H2,1-2H3. The molecule has 2 aromatic carbocycles. The zero-order chi connectivity index (χ0) is 21.2. The highest BCUT2D eigenvalue weighted by atomic mass is 35.5. The van der Waals surface area contributed by atoms with E-state index >= 15 is 0 Å². The van der Waals surface area contributed by atoms with Crippen LogP contribution in [0.5, 0.6) is 0 Å². The van der Waals surface area contributed by atoms with Crippen LogP contribution in [0.4, 0.5) is 0 Å². The SMILES string of the molecule is CN(C)CC1CN(C2(c3ccccc3)CCCCC2)CCC1(O)c1cccc(Cl)c1. The summed E-state index contributed by atoms with van der Waals surface area (Å²) < 4.78 is 0. The first-order chi connectivity index (χ1) is 14.4. The second-order valence-electron chi connectivity index (χ2n) is 9.55. The smallest absolute Gasteiger partial charge is 0.0961 e. The molecule has 0 radical (unpaired) electrons. The molecule has 1 aliphatic heterocycles. The molecule has 0 spiro atoms. The second kappa shape index (κ2) is 9.00. The first-order valence-electron chi connectivity index (χ1n) is 11.4. The molecule has 2 aliphatic rings. The lowest BCUT2D eigenvalue weighted by Crippen LogP contribution is -2.59. The molecule has 30 heavy (non-hydrogen) atoms. The van der Waals surface area contributed by atoms with E-state index in [1.54, 1.807) is 0 Å². The minimum absolute atomic E-state index is 0.0970. The monoisotopic (exact) mass is 426 g/mol. The number of rotatable bonds is 5. The largest absolute Gasteiger partial charge is 0.385 e. The van der Waals surface area contributed by atoms with Gasteiger partial charge >= 0.3 is 0 Å². The minimum Gasteiger partial charge on any atom is -0.385 e. The molecule has 1 heterocycles. The Morgan fingerprint density at radius 3 is 2.33 bits per heavy atom. The predicted octanol–water partition coefficient (Wildman–Crippen LogP) is 5.27. The Morgan fingerprint density at radius 1 is 0.967 bits per heavy atom. The Bertz CT molecular complexity index is 834. The predicted molar refractivity (Wildman–Crippen MR) is 125 cm³/mol. The van der Waals surface area contributed by atoms with Crippen LogP contribution in [0, 0.1) is 5.92 Å². The van der Waals surface area contributed by atoms with Crippen molar-refractivity contribution in [1.82, 2.24) is 9.80 Å². The minimum atomic E-state index is -0.849. The summed E-state index contributed by atoms with van der Waals surface area (Å²) >= 11 is 6.30. The Kier molecular flexibility index (Phi) is 6.55. The van der Waals surface area contributed by atoms with E-state index in [4.69, 9.17) is 11.6 Å². The van der Waals surface area contributed by atoms with Gasteiger partial charge in [-0.15, -0.1) is 0 Å². The maximum Gasteiger partial charge on any atom is 0.0961 e. The number of hydrogen-bond acceptors (Lipinski definition) is 3. The summed E-state index contributed by atoms with van der Waals surface area (Å²) in [5.41, 5.74) is 1.65. The van der Waals surface area contributed by atoms with Gasteiger partial charge in [-0.3, -0.25) is 4.90 Å². The molecule has 2 unspecified atom stereocenters. The van der Waals surface area contributed by atoms with Crippen LogP contribution in [0.2, 0.25) is 5.02 Å². The molecule has 0 aromatic heterocycles. The van der Waals surface area contributed by atoms with Crippen LogP contribution < -0.4 is 0 Å². The number of likely N-dealkylation sites (tertiary alicyclic amines) is 1. The normalized spacial score (nSPS) is 27.3. The highest BCUT2D eigenvalue weighted by Gasteiger charge is 2.49. The summed E-state index contributed by atoms with van der Waals surface area (Å²) in [6, 6.07) is 18.9. The molecule has 2 atom stereocenters. The van der Waals surface area contributed by atoms with Crippen molar-refractivity contribution in [3.05, 3.63) is 70.7 Å². The van der Waals surface area contributed by atoms with Gasteiger partial charge in [0.05, 0.1) is 5.60 Å². The van der Waals surface area contributed by atoms with Gasteiger partial charge in [0, 0.05) is 36.1 Å². The molecule has 1 saturated heterocycles. The average Bonchev–Trinajstić information content (AvgIpc) is 2.76. The lowest BCUT2D eigenvalue weighted by molar-refractivity contribution is -0.115. The average molecular weight is 427 g/mol. The molecule has 4 rings (SSSR count). The summed E-state index contributed by atoms with van der Waals surface area (Å²) in [6.07, 6.45) is 7.05. The molecule has 2 aromatic rings. The molecule has 1 saturated carbocycles. The van der Waals surface area contributed by atoms with Gasteiger partial charge in [0.1, 0.15) is 0 Å². The molecule has 162 valence electrons. The van der Waals surface area contributed by atoms with E-state index in [-0.39, 0.29) is 11.5 Å². The topological polar surface area (TPSA) is 26.7 Å². The van der Waals surface area contributed by atoms with Gasteiger partial charge in [0.25, 0.3) is 0 Å². The maximum absolute atomic E-state index is 11.9. The Morgan fingerprint density at radius 2 is 1.67 bits per heavy atom. The van der Waals surface area contributed by atoms with E-state index in [0.717, 1.165) is 31.6 Å². The van der Waals surface area contributed by atoms with Crippen molar-refractivity contribution in [1.29, 1.82) is 0 Å². The summed E-state index contributed by atoms with van der Waals surface area (Å²) in [4.78, 5) is 4.91. The third-order valence-corrected chi connectivity index (χ3v) is 7.62. The number of benzene rings is 2.